The van der Waals surface area contributed by atoms with Gasteiger partial charge in [0.1, 0.15) is 0 Å². The van der Waals surface area contributed by atoms with Crippen LogP contribution in [0.25, 0.3) is 0 Å². The standard InChI is InChI=1S/C15H22N2O/c1-12(18)17-15-8-5-6-13(11-15)10-14-7-3-2-4-9-16-14/h5-6,8,11,14,16H,2-4,7,9-10H2,1H3,(H,17,18). The summed E-state index contributed by atoms with van der Waals surface area (Å²) in [5.74, 6) is -0.0141. The summed E-state index contributed by atoms with van der Waals surface area (Å²) in [5, 5.41) is 6.44. The molecular weight excluding hydrogens is 224 g/mol. The zero-order valence-electron chi connectivity index (χ0n) is 11.0. The van der Waals surface area contributed by atoms with Crippen LogP contribution in [0, 0.1) is 0 Å². The normalized spacial score (nSPS) is 20.2. The van der Waals surface area contributed by atoms with Crippen molar-refractivity contribution in [3.8, 4) is 0 Å². The Morgan fingerprint density at radius 1 is 1.39 bits per heavy atom. The minimum absolute atomic E-state index is 0.0141. The van der Waals surface area contributed by atoms with Gasteiger partial charge in [0, 0.05) is 18.7 Å². The van der Waals surface area contributed by atoms with Crippen LogP contribution >= 0.6 is 0 Å². The maximum Gasteiger partial charge on any atom is 0.221 e. The van der Waals surface area contributed by atoms with Gasteiger partial charge >= 0.3 is 0 Å². The number of anilines is 1. The first-order valence-electron chi connectivity index (χ1n) is 6.84. The molecule has 0 radical (unpaired) electrons. The van der Waals surface area contributed by atoms with E-state index in [1.807, 2.05) is 12.1 Å². The lowest BCUT2D eigenvalue weighted by molar-refractivity contribution is -0.114. The van der Waals surface area contributed by atoms with Crippen LogP contribution in [-0.2, 0) is 11.2 Å². The van der Waals surface area contributed by atoms with Gasteiger partial charge in [-0.1, -0.05) is 25.0 Å². The molecule has 1 fully saturated rings. The number of rotatable bonds is 3. The van der Waals surface area contributed by atoms with Crippen LogP contribution in [0.4, 0.5) is 5.69 Å². The highest BCUT2D eigenvalue weighted by Gasteiger charge is 2.12. The molecule has 1 heterocycles. The van der Waals surface area contributed by atoms with Crippen LogP contribution < -0.4 is 10.6 Å². The number of amides is 1. The fraction of sp³-hybridized carbons (Fsp3) is 0.533. The van der Waals surface area contributed by atoms with Gasteiger partial charge < -0.3 is 10.6 Å². The highest BCUT2D eigenvalue weighted by Crippen LogP contribution is 2.16. The van der Waals surface area contributed by atoms with Gasteiger partial charge in [0.25, 0.3) is 0 Å². The van der Waals surface area contributed by atoms with Gasteiger partial charge in [-0.25, -0.2) is 0 Å². The summed E-state index contributed by atoms with van der Waals surface area (Å²) in [6.45, 7) is 2.68. The van der Waals surface area contributed by atoms with Gasteiger partial charge in [0.05, 0.1) is 0 Å². The molecule has 1 atom stereocenters. The van der Waals surface area contributed by atoms with E-state index in [2.05, 4.69) is 22.8 Å². The third-order valence-electron chi connectivity index (χ3n) is 3.39. The molecular formula is C15H22N2O. The van der Waals surface area contributed by atoms with Crippen molar-refractivity contribution < 1.29 is 4.79 Å². The predicted octanol–water partition coefficient (Wildman–Crippen LogP) is 2.72. The Morgan fingerprint density at radius 3 is 3.11 bits per heavy atom. The number of carbonyl (C=O) groups excluding carboxylic acids is 1. The van der Waals surface area contributed by atoms with Crippen LogP contribution in [-0.4, -0.2) is 18.5 Å². The van der Waals surface area contributed by atoms with E-state index in [0.29, 0.717) is 6.04 Å². The Hall–Kier alpha value is -1.35. The minimum atomic E-state index is -0.0141. The van der Waals surface area contributed by atoms with Crippen molar-refractivity contribution in [3.05, 3.63) is 29.8 Å². The molecule has 0 aromatic heterocycles. The van der Waals surface area contributed by atoms with E-state index >= 15 is 0 Å². The third kappa shape index (κ3) is 4.15. The lowest BCUT2D eigenvalue weighted by Crippen LogP contribution is -2.30. The van der Waals surface area contributed by atoms with E-state index < -0.39 is 0 Å². The topological polar surface area (TPSA) is 41.1 Å². The quantitative estimate of drug-likeness (QED) is 0.861. The molecule has 0 aliphatic carbocycles. The van der Waals surface area contributed by atoms with Crippen molar-refractivity contribution in [1.29, 1.82) is 0 Å². The lowest BCUT2D eigenvalue weighted by atomic mass is 10.0. The summed E-state index contributed by atoms with van der Waals surface area (Å²) in [6.07, 6.45) is 6.26. The van der Waals surface area contributed by atoms with E-state index in [1.54, 1.807) is 6.92 Å². The molecule has 1 aliphatic heterocycles. The van der Waals surface area contributed by atoms with Crippen LogP contribution in [0.5, 0.6) is 0 Å². The van der Waals surface area contributed by atoms with E-state index in [-0.39, 0.29) is 5.91 Å². The summed E-state index contributed by atoms with van der Waals surface area (Å²) >= 11 is 0. The molecule has 98 valence electrons. The molecule has 1 saturated heterocycles. The Morgan fingerprint density at radius 2 is 2.28 bits per heavy atom. The van der Waals surface area contributed by atoms with Gasteiger partial charge in [-0.15, -0.1) is 0 Å². The fourth-order valence-corrected chi connectivity index (χ4v) is 2.54. The molecule has 1 aromatic carbocycles. The van der Waals surface area contributed by atoms with E-state index in [1.165, 1.54) is 31.2 Å². The van der Waals surface area contributed by atoms with Gasteiger partial charge in [-0.05, 0) is 43.5 Å². The highest BCUT2D eigenvalue weighted by molar-refractivity contribution is 5.88. The third-order valence-corrected chi connectivity index (χ3v) is 3.39. The van der Waals surface area contributed by atoms with E-state index in [9.17, 15) is 4.79 Å². The summed E-state index contributed by atoms with van der Waals surface area (Å²) in [6, 6.07) is 8.74. The molecule has 2 rings (SSSR count). The molecule has 1 amide bonds. The zero-order valence-corrected chi connectivity index (χ0v) is 11.0. The van der Waals surface area contributed by atoms with E-state index in [4.69, 9.17) is 0 Å². The number of benzene rings is 1. The summed E-state index contributed by atoms with van der Waals surface area (Å²) in [4.78, 5) is 11.0. The fourth-order valence-electron chi connectivity index (χ4n) is 2.54. The maximum atomic E-state index is 11.0. The first-order valence-corrected chi connectivity index (χ1v) is 6.84. The van der Waals surface area contributed by atoms with Gasteiger partial charge in [-0.2, -0.15) is 0 Å². The van der Waals surface area contributed by atoms with Gasteiger partial charge in [0.15, 0.2) is 0 Å². The smallest absolute Gasteiger partial charge is 0.221 e. The molecule has 1 aliphatic rings. The second-order valence-corrected chi connectivity index (χ2v) is 5.09. The van der Waals surface area contributed by atoms with Crippen molar-refractivity contribution in [2.24, 2.45) is 0 Å². The van der Waals surface area contributed by atoms with Crippen molar-refractivity contribution in [2.75, 3.05) is 11.9 Å². The van der Waals surface area contributed by atoms with E-state index in [0.717, 1.165) is 18.7 Å². The second-order valence-electron chi connectivity index (χ2n) is 5.09. The first-order chi connectivity index (χ1) is 8.74. The molecule has 3 nitrogen and oxygen atoms in total. The Kier molecular flexibility index (Phi) is 4.76. The maximum absolute atomic E-state index is 11.0. The number of hydrogen-bond donors (Lipinski definition) is 2. The Balaban J connectivity index is 1.97. The molecule has 0 saturated carbocycles. The van der Waals surface area contributed by atoms with Crippen LogP contribution in [0.15, 0.2) is 24.3 Å². The molecule has 2 N–H and O–H groups in total. The zero-order chi connectivity index (χ0) is 12.8. The molecule has 0 spiro atoms. The average Bonchev–Trinajstić information content (AvgIpc) is 2.57. The number of carbonyl (C=O) groups is 1. The highest BCUT2D eigenvalue weighted by atomic mass is 16.1. The largest absolute Gasteiger partial charge is 0.326 e. The number of hydrogen-bond acceptors (Lipinski definition) is 2. The van der Waals surface area contributed by atoms with Gasteiger partial charge in [-0.3, -0.25) is 4.79 Å². The molecule has 1 unspecified atom stereocenters. The SMILES string of the molecule is CC(=O)Nc1cccc(CC2CCCCCN2)c1. The first kappa shape index (κ1) is 13.1. The number of nitrogens with one attached hydrogen (secondary N) is 2. The summed E-state index contributed by atoms with van der Waals surface area (Å²) in [7, 11) is 0. The second kappa shape index (κ2) is 6.55. The predicted molar refractivity (Wildman–Crippen MR) is 74.7 cm³/mol. The Labute approximate surface area is 109 Å². The molecule has 1 aromatic rings. The Bertz CT molecular complexity index is 395. The van der Waals surface area contributed by atoms with Gasteiger partial charge in [0.2, 0.25) is 5.91 Å². The molecule has 3 heteroatoms. The van der Waals surface area contributed by atoms with Crippen molar-refractivity contribution >= 4 is 11.6 Å². The van der Waals surface area contributed by atoms with Crippen LogP contribution in [0.3, 0.4) is 0 Å². The van der Waals surface area contributed by atoms with Crippen molar-refractivity contribution in [3.63, 3.8) is 0 Å². The monoisotopic (exact) mass is 246 g/mol. The summed E-state index contributed by atoms with van der Waals surface area (Å²) < 4.78 is 0. The van der Waals surface area contributed by atoms with Crippen molar-refractivity contribution in [2.45, 2.75) is 45.1 Å². The lowest BCUT2D eigenvalue weighted by Gasteiger charge is -2.16. The van der Waals surface area contributed by atoms with Crippen LogP contribution in [0.1, 0.15) is 38.2 Å². The van der Waals surface area contributed by atoms with Crippen molar-refractivity contribution in [1.82, 2.24) is 5.32 Å². The summed E-state index contributed by atoms with van der Waals surface area (Å²) in [5.41, 5.74) is 2.19. The van der Waals surface area contributed by atoms with Crippen LogP contribution in [0.2, 0.25) is 0 Å². The molecule has 18 heavy (non-hydrogen) atoms. The molecule has 0 bridgehead atoms. The minimum Gasteiger partial charge on any atom is -0.326 e. The average molecular weight is 246 g/mol.